The molecule has 1 aromatic carbocycles. The molecular formula is C20H26N2O4. The molecule has 140 valence electrons. The summed E-state index contributed by atoms with van der Waals surface area (Å²) < 4.78 is 17.1. The van der Waals surface area contributed by atoms with E-state index in [2.05, 4.69) is 17.0 Å². The highest BCUT2D eigenvalue weighted by atomic mass is 16.7. The van der Waals surface area contributed by atoms with Gasteiger partial charge in [0.2, 0.25) is 6.79 Å². The minimum absolute atomic E-state index is 0.189. The number of nitrogens with zero attached hydrogens (tertiary/aromatic N) is 2. The van der Waals surface area contributed by atoms with Crippen molar-refractivity contribution in [2.45, 2.75) is 44.4 Å². The van der Waals surface area contributed by atoms with Gasteiger partial charge in [-0.15, -0.1) is 0 Å². The van der Waals surface area contributed by atoms with Gasteiger partial charge in [-0.05, 0) is 55.8 Å². The maximum Gasteiger partial charge on any atom is 0.251 e. The van der Waals surface area contributed by atoms with Gasteiger partial charge in [0.25, 0.3) is 5.91 Å². The van der Waals surface area contributed by atoms with Crippen molar-refractivity contribution in [2.24, 2.45) is 5.92 Å². The largest absolute Gasteiger partial charge is 0.454 e. The monoisotopic (exact) mass is 358 g/mol. The van der Waals surface area contributed by atoms with Crippen molar-refractivity contribution >= 4 is 5.91 Å². The van der Waals surface area contributed by atoms with Crippen LogP contribution in [0.3, 0.4) is 0 Å². The zero-order chi connectivity index (χ0) is 17.5. The van der Waals surface area contributed by atoms with Crippen LogP contribution < -0.4 is 9.47 Å². The summed E-state index contributed by atoms with van der Waals surface area (Å²) in [6.07, 6.45) is 4.25. The quantitative estimate of drug-likeness (QED) is 0.827. The van der Waals surface area contributed by atoms with Crippen LogP contribution in [-0.2, 0) is 16.1 Å². The summed E-state index contributed by atoms with van der Waals surface area (Å²) in [5.41, 5.74) is 1.23. The Labute approximate surface area is 154 Å². The van der Waals surface area contributed by atoms with E-state index < -0.39 is 0 Å². The third-order valence-electron chi connectivity index (χ3n) is 6.17. The van der Waals surface area contributed by atoms with E-state index in [4.69, 9.17) is 14.2 Å². The van der Waals surface area contributed by atoms with Gasteiger partial charge in [-0.1, -0.05) is 6.07 Å². The summed E-state index contributed by atoms with van der Waals surface area (Å²) in [5, 5.41) is 0. The second kappa shape index (κ2) is 6.74. The average Bonchev–Trinajstić information content (AvgIpc) is 3.40. The minimum atomic E-state index is -0.214. The minimum Gasteiger partial charge on any atom is -0.454 e. The van der Waals surface area contributed by atoms with E-state index in [1.54, 1.807) is 0 Å². The molecule has 1 aromatic rings. The molecule has 6 heteroatoms. The van der Waals surface area contributed by atoms with Crippen molar-refractivity contribution in [1.82, 2.24) is 9.80 Å². The molecule has 0 unspecified atom stereocenters. The van der Waals surface area contributed by atoms with Gasteiger partial charge in [0.15, 0.2) is 11.5 Å². The van der Waals surface area contributed by atoms with Crippen LogP contribution in [-0.4, -0.2) is 60.9 Å². The van der Waals surface area contributed by atoms with E-state index in [1.807, 2.05) is 11.0 Å². The summed E-state index contributed by atoms with van der Waals surface area (Å²) in [4.78, 5) is 17.1. The number of hydrogen-bond donors (Lipinski definition) is 0. The van der Waals surface area contributed by atoms with Gasteiger partial charge in [0.05, 0.1) is 6.10 Å². The molecule has 0 spiro atoms. The molecule has 4 aliphatic rings. The fourth-order valence-corrected chi connectivity index (χ4v) is 4.74. The zero-order valence-corrected chi connectivity index (χ0v) is 15.1. The summed E-state index contributed by atoms with van der Waals surface area (Å²) in [6, 6.07) is 6.17. The normalized spacial score (nSPS) is 30.6. The third-order valence-corrected chi connectivity index (χ3v) is 6.17. The molecule has 5 rings (SSSR count). The van der Waals surface area contributed by atoms with Crippen LogP contribution in [0.15, 0.2) is 18.2 Å². The molecule has 3 atom stereocenters. The summed E-state index contributed by atoms with van der Waals surface area (Å²) in [7, 11) is 0. The third kappa shape index (κ3) is 3.05. The van der Waals surface area contributed by atoms with Crippen molar-refractivity contribution in [3.05, 3.63) is 23.8 Å². The maximum absolute atomic E-state index is 12.6. The Bertz CT molecular complexity index is 688. The highest BCUT2D eigenvalue weighted by Gasteiger charge is 2.43. The van der Waals surface area contributed by atoms with E-state index in [1.165, 1.54) is 5.56 Å². The first kappa shape index (κ1) is 16.4. The highest BCUT2D eigenvalue weighted by Crippen LogP contribution is 2.36. The SMILES string of the molecule is O=C([C@@H]1C[C@H]2CCN(Cc3ccc4c(c3)OCO4)C[C@@H]2O1)N1CCCC1. The Kier molecular flexibility index (Phi) is 4.25. The molecule has 0 aliphatic carbocycles. The smallest absolute Gasteiger partial charge is 0.251 e. The van der Waals surface area contributed by atoms with Crippen molar-refractivity contribution < 1.29 is 19.0 Å². The lowest BCUT2D eigenvalue weighted by atomic mass is 9.91. The summed E-state index contributed by atoms with van der Waals surface area (Å²) in [6.45, 7) is 4.97. The van der Waals surface area contributed by atoms with Crippen LogP contribution in [0.1, 0.15) is 31.2 Å². The second-order valence-electron chi connectivity index (χ2n) is 7.90. The fraction of sp³-hybridized carbons (Fsp3) is 0.650. The number of likely N-dealkylation sites (tertiary alicyclic amines) is 2. The molecule has 0 radical (unpaired) electrons. The van der Waals surface area contributed by atoms with E-state index in [9.17, 15) is 4.79 Å². The summed E-state index contributed by atoms with van der Waals surface area (Å²) in [5.74, 6) is 2.42. The average molecular weight is 358 g/mol. The first-order valence-corrected chi connectivity index (χ1v) is 9.81. The van der Waals surface area contributed by atoms with Crippen LogP contribution in [0, 0.1) is 5.92 Å². The Morgan fingerprint density at radius 3 is 2.85 bits per heavy atom. The van der Waals surface area contributed by atoms with Crippen molar-refractivity contribution in [2.75, 3.05) is 33.0 Å². The number of rotatable bonds is 3. The molecule has 6 nitrogen and oxygen atoms in total. The molecule has 0 saturated carbocycles. The first-order valence-electron chi connectivity index (χ1n) is 9.81. The summed E-state index contributed by atoms with van der Waals surface area (Å²) >= 11 is 0. The number of amides is 1. The van der Waals surface area contributed by atoms with Crippen LogP contribution in [0.4, 0.5) is 0 Å². The molecule has 4 aliphatic heterocycles. The molecule has 3 fully saturated rings. The van der Waals surface area contributed by atoms with Crippen molar-refractivity contribution in [3.63, 3.8) is 0 Å². The van der Waals surface area contributed by atoms with Gasteiger partial charge in [-0.2, -0.15) is 0 Å². The molecule has 0 aromatic heterocycles. The number of carbonyl (C=O) groups excluding carboxylic acids is 1. The lowest BCUT2D eigenvalue weighted by Gasteiger charge is -2.34. The predicted octanol–water partition coefficient (Wildman–Crippen LogP) is 2.02. The first-order chi connectivity index (χ1) is 12.8. The number of carbonyl (C=O) groups is 1. The number of ether oxygens (including phenoxy) is 3. The molecule has 4 heterocycles. The van der Waals surface area contributed by atoms with E-state index >= 15 is 0 Å². The van der Waals surface area contributed by atoms with Gasteiger partial charge in [-0.3, -0.25) is 9.69 Å². The van der Waals surface area contributed by atoms with Crippen LogP contribution in [0.5, 0.6) is 11.5 Å². The molecule has 0 N–H and O–H groups in total. The second-order valence-corrected chi connectivity index (χ2v) is 7.90. The Morgan fingerprint density at radius 1 is 1.12 bits per heavy atom. The van der Waals surface area contributed by atoms with Crippen molar-refractivity contribution in [1.29, 1.82) is 0 Å². The molecule has 26 heavy (non-hydrogen) atoms. The molecule has 3 saturated heterocycles. The standard InChI is InChI=1S/C20H26N2O4/c23-20(22-6-1-2-7-22)18-10-15-5-8-21(12-19(15)26-18)11-14-3-4-16-17(9-14)25-13-24-16/h3-4,9,15,18-19H,1-2,5-8,10-13H2/t15-,18+,19+/m1/s1. The highest BCUT2D eigenvalue weighted by molar-refractivity contribution is 5.81. The molecular weight excluding hydrogens is 332 g/mol. The van der Waals surface area contributed by atoms with Crippen LogP contribution >= 0.6 is 0 Å². The lowest BCUT2D eigenvalue weighted by molar-refractivity contribution is -0.142. The Balaban J connectivity index is 1.19. The van der Waals surface area contributed by atoms with E-state index in [0.29, 0.717) is 12.7 Å². The Hall–Kier alpha value is -1.79. The fourth-order valence-electron chi connectivity index (χ4n) is 4.74. The topological polar surface area (TPSA) is 51.2 Å². The maximum atomic E-state index is 12.6. The van der Waals surface area contributed by atoms with Gasteiger partial charge in [0, 0.05) is 26.2 Å². The zero-order valence-electron chi connectivity index (χ0n) is 15.1. The van der Waals surface area contributed by atoms with Crippen LogP contribution in [0.2, 0.25) is 0 Å². The van der Waals surface area contributed by atoms with E-state index in [-0.39, 0.29) is 18.1 Å². The lowest BCUT2D eigenvalue weighted by Crippen LogP contribution is -2.42. The van der Waals surface area contributed by atoms with Gasteiger partial charge in [-0.25, -0.2) is 0 Å². The van der Waals surface area contributed by atoms with E-state index in [0.717, 1.165) is 69.9 Å². The predicted molar refractivity (Wildman–Crippen MR) is 95.0 cm³/mol. The van der Waals surface area contributed by atoms with Gasteiger partial charge >= 0.3 is 0 Å². The van der Waals surface area contributed by atoms with Gasteiger partial charge < -0.3 is 19.1 Å². The van der Waals surface area contributed by atoms with Crippen LogP contribution in [0.25, 0.3) is 0 Å². The molecule has 0 bridgehead atoms. The van der Waals surface area contributed by atoms with Crippen molar-refractivity contribution in [3.8, 4) is 11.5 Å². The van der Waals surface area contributed by atoms with Gasteiger partial charge in [0.1, 0.15) is 6.10 Å². The number of piperidine rings is 1. The number of fused-ring (bicyclic) bond motifs is 2. The molecule has 1 amide bonds. The Morgan fingerprint density at radius 2 is 1.96 bits per heavy atom. The number of hydrogen-bond acceptors (Lipinski definition) is 5. The number of benzene rings is 1.